The minimum atomic E-state index is -0.475. The molecule has 0 saturated carbocycles. The van der Waals surface area contributed by atoms with Gasteiger partial charge in [0.1, 0.15) is 6.04 Å². The van der Waals surface area contributed by atoms with Crippen molar-refractivity contribution in [3.63, 3.8) is 0 Å². The van der Waals surface area contributed by atoms with Crippen molar-refractivity contribution in [2.45, 2.75) is 25.9 Å². The molecule has 0 unspecified atom stereocenters. The Labute approximate surface area is 154 Å². The highest BCUT2D eigenvalue weighted by Gasteiger charge is 2.32. The van der Waals surface area contributed by atoms with Gasteiger partial charge in [0.2, 0.25) is 5.91 Å². The first-order valence-corrected chi connectivity index (χ1v) is 8.99. The van der Waals surface area contributed by atoms with Crippen LogP contribution in [0.5, 0.6) is 0 Å². The van der Waals surface area contributed by atoms with Crippen molar-refractivity contribution in [3.05, 3.63) is 60.2 Å². The van der Waals surface area contributed by atoms with Crippen LogP contribution in [-0.4, -0.2) is 42.5 Å². The van der Waals surface area contributed by atoms with Crippen LogP contribution in [0.1, 0.15) is 18.9 Å². The molecular formula is C21H24N2O3. The number of carbonyl (C=O) groups is 2. The van der Waals surface area contributed by atoms with E-state index in [1.807, 2.05) is 23.1 Å². The van der Waals surface area contributed by atoms with E-state index in [0.29, 0.717) is 19.7 Å². The maximum absolute atomic E-state index is 12.2. The summed E-state index contributed by atoms with van der Waals surface area (Å²) in [5, 5.41) is 2.84. The molecule has 26 heavy (non-hydrogen) atoms. The molecule has 1 amide bonds. The third-order valence-electron chi connectivity index (χ3n) is 4.55. The van der Waals surface area contributed by atoms with Gasteiger partial charge in [-0.1, -0.05) is 54.6 Å². The number of carbonyl (C=O) groups excluding carboxylic acids is 2. The Balaban J connectivity index is 1.69. The predicted molar refractivity (Wildman–Crippen MR) is 100 cm³/mol. The molecule has 3 rings (SSSR count). The zero-order valence-corrected chi connectivity index (χ0v) is 15.0. The van der Waals surface area contributed by atoms with Gasteiger partial charge in [-0.15, -0.1) is 0 Å². The maximum atomic E-state index is 12.2. The van der Waals surface area contributed by atoms with Crippen molar-refractivity contribution < 1.29 is 14.3 Å². The Morgan fingerprint density at radius 3 is 2.50 bits per heavy atom. The summed E-state index contributed by atoms with van der Waals surface area (Å²) in [6.45, 7) is 4.04. The number of rotatable bonds is 6. The fraction of sp³-hybridized carbons (Fsp3) is 0.333. The van der Waals surface area contributed by atoms with Crippen LogP contribution in [0.4, 0.5) is 0 Å². The summed E-state index contributed by atoms with van der Waals surface area (Å²) in [5.74, 6) is -0.441. The van der Waals surface area contributed by atoms with Gasteiger partial charge in [-0.2, -0.15) is 0 Å². The number of amides is 1. The molecule has 5 nitrogen and oxygen atoms in total. The molecule has 0 radical (unpaired) electrons. The van der Waals surface area contributed by atoms with Crippen molar-refractivity contribution >= 4 is 11.9 Å². The predicted octanol–water partition coefficient (Wildman–Crippen LogP) is 2.61. The van der Waals surface area contributed by atoms with Gasteiger partial charge in [-0.3, -0.25) is 14.5 Å². The van der Waals surface area contributed by atoms with Crippen LogP contribution in [0, 0.1) is 0 Å². The van der Waals surface area contributed by atoms with E-state index in [9.17, 15) is 9.59 Å². The van der Waals surface area contributed by atoms with E-state index in [0.717, 1.165) is 17.7 Å². The lowest BCUT2D eigenvalue weighted by Crippen LogP contribution is -2.55. The Bertz CT molecular complexity index is 744. The normalized spacial score (nSPS) is 17.6. The van der Waals surface area contributed by atoms with E-state index in [1.54, 1.807) is 6.92 Å². The van der Waals surface area contributed by atoms with Gasteiger partial charge in [0, 0.05) is 19.6 Å². The number of ether oxygens (including phenoxy) is 1. The molecule has 2 aromatic rings. The zero-order chi connectivity index (χ0) is 18.4. The SMILES string of the molecule is CCOC(=O)C[C@@H]1C(=O)NCCN1Cc1ccc(-c2ccccc2)cc1. The van der Waals surface area contributed by atoms with Crippen molar-refractivity contribution in [2.24, 2.45) is 0 Å². The second-order valence-corrected chi connectivity index (χ2v) is 6.35. The molecule has 0 bridgehead atoms. The molecule has 2 aromatic carbocycles. The molecule has 1 N–H and O–H groups in total. The molecule has 1 saturated heterocycles. The largest absolute Gasteiger partial charge is 0.466 e. The monoisotopic (exact) mass is 352 g/mol. The zero-order valence-electron chi connectivity index (χ0n) is 15.0. The van der Waals surface area contributed by atoms with E-state index in [4.69, 9.17) is 4.74 Å². The van der Waals surface area contributed by atoms with E-state index >= 15 is 0 Å². The van der Waals surface area contributed by atoms with Gasteiger partial charge in [-0.25, -0.2) is 0 Å². The molecular weight excluding hydrogens is 328 g/mol. The molecule has 1 fully saturated rings. The highest BCUT2D eigenvalue weighted by molar-refractivity contribution is 5.87. The third kappa shape index (κ3) is 4.49. The number of benzene rings is 2. The summed E-state index contributed by atoms with van der Waals surface area (Å²) >= 11 is 0. The van der Waals surface area contributed by atoms with E-state index in [1.165, 1.54) is 5.56 Å². The number of esters is 1. The van der Waals surface area contributed by atoms with E-state index in [-0.39, 0.29) is 18.3 Å². The molecule has 1 heterocycles. The van der Waals surface area contributed by atoms with Crippen LogP contribution in [0.3, 0.4) is 0 Å². The highest BCUT2D eigenvalue weighted by atomic mass is 16.5. The van der Waals surface area contributed by atoms with Gasteiger partial charge >= 0.3 is 5.97 Å². The number of nitrogens with one attached hydrogen (secondary N) is 1. The molecule has 1 atom stereocenters. The number of piperazine rings is 1. The fourth-order valence-electron chi connectivity index (χ4n) is 3.22. The second kappa shape index (κ2) is 8.63. The summed E-state index contributed by atoms with van der Waals surface area (Å²) in [4.78, 5) is 26.1. The maximum Gasteiger partial charge on any atom is 0.307 e. The molecule has 136 valence electrons. The summed E-state index contributed by atoms with van der Waals surface area (Å²) in [6, 6.07) is 18.1. The molecule has 0 spiro atoms. The fourth-order valence-corrected chi connectivity index (χ4v) is 3.22. The molecule has 1 aliphatic heterocycles. The van der Waals surface area contributed by atoms with Crippen LogP contribution in [-0.2, 0) is 20.9 Å². The average Bonchev–Trinajstić information content (AvgIpc) is 2.66. The van der Waals surface area contributed by atoms with Crippen LogP contribution in [0.25, 0.3) is 11.1 Å². The third-order valence-corrected chi connectivity index (χ3v) is 4.55. The van der Waals surface area contributed by atoms with Gasteiger partial charge < -0.3 is 10.1 Å². The summed E-state index contributed by atoms with van der Waals surface area (Å²) < 4.78 is 5.01. The van der Waals surface area contributed by atoms with Gasteiger partial charge in [0.05, 0.1) is 13.0 Å². The van der Waals surface area contributed by atoms with E-state index in [2.05, 4.69) is 41.7 Å². The van der Waals surface area contributed by atoms with Crippen molar-refractivity contribution in [1.82, 2.24) is 10.2 Å². The first-order valence-electron chi connectivity index (χ1n) is 8.99. The number of nitrogens with zero attached hydrogens (tertiary/aromatic N) is 1. The minimum absolute atomic E-state index is 0.0851. The van der Waals surface area contributed by atoms with E-state index < -0.39 is 6.04 Å². The second-order valence-electron chi connectivity index (χ2n) is 6.35. The smallest absolute Gasteiger partial charge is 0.307 e. The van der Waals surface area contributed by atoms with Crippen LogP contribution < -0.4 is 5.32 Å². The van der Waals surface area contributed by atoms with Gasteiger partial charge in [0.25, 0.3) is 0 Å². The Morgan fingerprint density at radius 1 is 1.12 bits per heavy atom. The first kappa shape index (κ1) is 18.1. The van der Waals surface area contributed by atoms with Crippen LogP contribution in [0.15, 0.2) is 54.6 Å². The van der Waals surface area contributed by atoms with Gasteiger partial charge in [-0.05, 0) is 23.6 Å². The van der Waals surface area contributed by atoms with Crippen molar-refractivity contribution in [3.8, 4) is 11.1 Å². The lowest BCUT2D eigenvalue weighted by Gasteiger charge is -2.34. The summed E-state index contributed by atoms with van der Waals surface area (Å²) in [7, 11) is 0. The first-order chi connectivity index (χ1) is 12.7. The van der Waals surface area contributed by atoms with Crippen molar-refractivity contribution in [2.75, 3.05) is 19.7 Å². The standard InChI is InChI=1S/C21H24N2O3/c1-2-26-20(24)14-19-21(25)22-12-13-23(19)15-16-8-10-18(11-9-16)17-6-4-3-5-7-17/h3-11,19H,2,12-15H2,1H3,(H,22,25)/t19-/m1/s1. The molecule has 0 aromatic heterocycles. The summed E-state index contributed by atoms with van der Waals surface area (Å²) in [6.07, 6.45) is 0.0851. The number of hydrogen-bond acceptors (Lipinski definition) is 4. The highest BCUT2D eigenvalue weighted by Crippen LogP contribution is 2.21. The summed E-state index contributed by atoms with van der Waals surface area (Å²) in [5.41, 5.74) is 3.46. The molecule has 0 aliphatic carbocycles. The Hall–Kier alpha value is -2.66. The molecule has 5 heteroatoms. The average molecular weight is 352 g/mol. The lowest BCUT2D eigenvalue weighted by molar-refractivity contribution is -0.148. The topological polar surface area (TPSA) is 58.6 Å². The molecule has 1 aliphatic rings. The Kier molecular flexibility index (Phi) is 6.02. The quantitative estimate of drug-likeness (QED) is 0.812. The number of hydrogen-bond donors (Lipinski definition) is 1. The van der Waals surface area contributed by atoms with Crippen LogP contribution >= 0.6 is 0 Å². The van der Waals surface area contributed by atoms with Gasteiger partial charge in [0.15, 0.2) is 0 Å². The lowest BCUT2D eigenvalue weighted by atomic mass is 10.0. The van der Waals surface area contributed by atoms with Crippen LogP contribution in [0.2, 0.25) is 0 Å². The Morgan fingerprint density at radius 2 is 1.81 bits per heavy atom. The van der Waals surface area contributed by atoms with Crippen molar-refractivity contribution in [1.29, 1.82) is 0 Å². The minimum Gasteiger partial charge on any atom is -0.466 e.